The van der Waals surface area contributed by atoms with Gasteiger partial charge in [-0.1, -0.05) is 0 Å². The molecule has 4 rings (SSSR count). The largest absolute Gasteiger partial charge is 0.356 e. The second kappa shape index (κ2) is 6.04. The van der Waals surface area contributed by atoms with Crippen molar-refractivity contribution in [3.8, 4) is 0 Å². The fourth-order valence-electron chi connectivity index (χ4n) is 4.01. The number of thiazole rings is 1. The number of hydrogen-bond acceptors (Lipinski definition) is 3. The molecule has 1 aromatic rings. The second-order valence-electron chi connectivity index (χ2n) is 7.72. The maximum absolute atomic E-state index is 13.4. The standard InChI is InChI=1S/C18H24F2N2OS/c1-10-15(24-17(22-10)12-4-5-12)8-16(23)21-9-11-2-6-13-14(7-3-11)18(13,19)20/h11-14H,2-9H2,1H3,(H,21,23). The molecule has 0 radical (unpaired) electrons. The summed E-state index contributed by atoms with van der Waals surface area (Å²) in [6, 6.07) is 0. The van der Waals surface area contributed by atoms with Crippen LogP contribution in [0.3, 0.4) is 0 Å². The molecule has 0 aliphatic heterocycles. The van der Waals surface area contributed by atoms with Crippen molar-refractivity contribution in [2.45, 2.75) is 63.7 Å². The Morgan fingerprint density at radius 3 is 2.50 bits per heavy atom. The van der Waals surface area contributed by atoms with Gasteiger partial charge >= 0.3 is 0 Å². The van der Waals surface area contributed by atoms with E-state index in [0.717, 1.165) is 23.4 Å². The number of aryl methyl sites for hydroxylation is 1. The molecule has 3 fully saturated rings. The van der Waals surface area contributed by atoms with Gasteiger partial charge in [0.2, 0.25) is 5.91 Å². The van der Waals surface area contributed by atoms with Gasteiger partial charge < -0.3 is 5.32 Å². The Bertz CT molecular complexity index is 625. The first-order chi connectivity index (χ1) is 11.4. The molecule has 24 heavy (non-hydrogen) atoms. The zero-order valence-corrected chi connectivity index (χ0v) is 14.8. The highest BCUT2D eigenvalue weighted by Crippen LogP contribution is 2.61. The Morgan fingerprint density at radius 2 is 1.88 bits per heavy atom. The number of amides is 1. The molecule has 0 aromatic carbocycles. The van der Waals surface area contributed by atoms with Crippen molar-refractivity contribution in [2.75, 3.05) is 6.54 Å². The van der Waals surface area contributed by atoms with Crippen LogP contribution in [0, 0.1) is 24.7 Å². The Labute approximate surface area is 145 Å². The van der Waals surface area contributed by atoms with Gasteiger partial charge in [0.05, 0.1) is 17.1 Å². The Hall–Kier alpha value is -1.04. The molecule has 0 saturated heterocycles. The van der Waals surface area contributed by atoms with Crippen molar-refractivity contribution in [1.29, 1.82) is 0 Å². The third-order valence-corrected chi connectivity index (χ3v) is 7.20. The third kappa shape index (κ3) is 3.22. The highest BCUT2D eigenvalue weighted by atomic mass is 32.1. The van der Waals surface area contributed by atoms with Gasteiger partial charge in [-0.05, 0) is 51.4 Å². The number of hydrogen-bond donors (Lipinski definition) is 1. The first-order valence-corrected chi connectivity index (χ1v) is 9.87. The van der Waals surface area contributed by atoms with Crippen molar-refractivity contribution in [2.24, 2.45) is 17.8 Å². The van der Waals surface area contributed by atoms with Crippen molar-refractivity contribution < 1.29 is 13.6 Å². The first kappa shape index (κ1) is 16.4. The Kier molecular flexibility index (Phi) is 4.14. The molecule has 3 nitrogen and oxygen atoms in total. The quantitative estimate of drug-likeness (QED) is 0.866. The molecule has 2 unspecified atom stereocenters. The number of nitrogens with zero attached hydrogens (tertiary/aromatic N) is 1. The molecule has 1 aromatic heterocycles. The van der Waals surface area contributed by atoms with E-state index in [9.17, 15) is 13.6 Å². The molecule has 3 saturated carbocycles. The van der Waals surface area contributed by atoms with Crippen LogP contribution in [0.5, 0.6) is 0 Å². The van der Waals surface area contributed by atoms with E-state index in [1.54, 1.807) is 11.3 Å². The number of carbonyl (C=O) groups is 1. The van der Waals surface area contributed by atoms with Crippen LogP contribution in [0.25, 0.3) is 0 Å². The molecule has 3 aliphatic rings. The van der Waals surface area contributed by atoms with Crippen molar-refractivity contribution >= 4 is 17.2 Å². The number of aromatic nitrogens is 1. The molecule has 3 aliphatic carbocycles. The minimum Gasteiger partial charge on any atom is -0.356 e. The summed E-state index contributed by atoms with van der Waals surface area (Å²) < 4.78 is 26.8. The first-order valence-electron chi connectivity index (χ1n) is 9.06. The predicted octanol–water partition coefficient (Wildman–Crippen LogP) is 4.06. The number of fused-ring (bicyclic) bond motifs is 1. The smallest absolute Gasteiger partial charge is 0.254 e. The molecular formula is C18H24F2N2OS. The van der Waals surface area contributed by atoms with Crippen LogP contribution >= 0.6 is 11.3 Å². The zero-order chi connectivity index (χ0) is 16.9. The molecular weight excluding hydrogens is 330 g/mol. The van der Waals surface area contributed by atoms with Crippen molar-refractivity contribution in [1.82, 2.24) is 10.3 Å². The van der Waals surface area contributed by atoms with E-state index in [0.29, 0.717) is 37.6 Å². The molecule has 1 heterocycles. The minimum atomic E-state index is -2.41. The van der Waals surface area contributed by atoms with Crippen LogP contribution in [0.4, 0.5) is 8.78 Å². The number of alkyl halides is 2. The summed E-state index contributed by atoms with van der Waals surface area (Å²) in [7, 11) is 0. The normalized spacial score (nSPS) is 31.2. The van der Waals surface area contributed by atoms with Gasteiger partial charge in [-0.2, -0.15) is 0 Å². The molecule has 6 heteroatoms. The summed E-state index contributed by atoms with van der Waals surface area (Å²) in [5, 5.41) is 4.19. The van der Waals surface area contributed by atoms with Gasteiger partial charge in [0.25, 0.3) is 5.92 Å². The molecule has 1 amide bonds. The third-order valence-electron chi connectivity index (χ3n) is 5.88. The van der Waals surface area contributed by atoms with E-state index in [-0.39, 0.29) is 17.7 Å². The Morgan fingerprint density at radius 1 is 1.21 bits per heavy atom. The fraction of sp³-hybridized carbons (Fsp3) is 0.778. The summed E-state index contributed by atoms with van der Waals surface area (Å²) in [4.78, 5) is 17.9. The van der Waals surface area contributed by atoms with Crippen molar-refractivity contribution in [3.63, 3.8) is 0 Å². The van der Waals surface area contributed by atoms with E-state index in [1.165, 1.54) is 17.8 Å². The lowest BCUT2D eigenvalue weighted by molar-refractivity contribution is -0.120. The summed E-state index contributed by atoms with van der Waals surface area (Å²) in [6.07, 6.45) is 5.67. The maximum Gasteiger partial charge on any atom is 0.254 e. The van der Waals surface area contributed by atoms with Gasteiger partial charge in [-0.15, -0.1) is 11.3 Å². The summed E-state index contributed by atoms with van der Waals surface area (Å²) in [5.41, 5.74) is 0.980. The number of halogens is 2. The van der Waals surface area contributed by atoms with E-state index < -0.39 is 5.92 Å². The van der Waals surface area contributed by atoms with Gasteiger partial charge in [0.1, 0.15) is 0 Å². The minimum absolute atomic E-state index is 0.0313. The fourth-order valence-corrected chi connectivity index (χ4v) is 5.25. The summed E-state index contributed by atoms with van der Waals surface area (Å²) in [5.74, 6) is -2.18. The van der Waals surface area contributed by atoms with Gasteiger partial charge in [0, 0.05) is 29.2 Å². The number of carbonyl (C=O) groups excluding carboxylic acids is 1. The maximum atomic E-state index is 13.4. The van der Waals surface area contributed by atoms with Crippen LogP contribution in [0.2, 0.25) is 0 Å². The molecule has 0 spiro atoms. The van der Waals surface area contributed by atoms with Crippen LogP contribution in [-0.4, -0.2) is 23.4 Å². The average molecular weight is 354 g/mol. The van der Waals surface area contributed by atoms with Crippen LogP contribution in [0.15, 0.2) is 0 Å². The summed E-state index contributed by atoms with van der Waals surface area (Å²) >= 11 is 1.67. The average Bonchev–Trinajstić information content (AvgIpc) is 3.41. The Balaban J connectivity index is 1.24. The van der Waals surface area contributed by atoms with Crippen LogP contribution in [-0.2, 0) is 11.2 Å². The highest BCUT2D eigenvalue weighted by molar-refractivity contribution is 7.12. The van der Waals surface area contributed by atoms with Crippen molar-refractivity contribution in [3.05, 3.63) is 15.6 Å². The lowest BCUT2D eigenvalue weighted by atomic mass is 9.98. The highest BCUT2D eigenvalue weighted by Gasteiger charge is 2.67. The van der Waals surface area contributed by atoms with E-state index in [4.69, 9.17) is 0 Å². The van der Waals surface area contributed by atoms with Crippen LogP contribution in [0.1, 0.15) is 60.0 Å². The van der Waals surface area contributed by atoms with Gasteiger partial charge in [0.15, 0.2) is 0 Å². The second-order valence-corrected chi connectivity index (χ2v) is 8.84. The molecule has 1 N–H and O–H groups in total. The lowest BCUT2D eigenvalue weighted by Crippen LogP contribution is -2.30. The zero-order valence-electron chi connectivity index (χ0n) is 14.0. The SMILES string of the molecule is Cc1nc(C2CC2)sc1CC(=O)NCC1CCC2C(CC1)C2(F)F. The monoisotopic (exact) mass is 354 g/mol. The lowest BCUT2D eigenvalue weighted by Gasteiger charge is -2.16. The van der Waals surface area contributed by atoms with E-state index in [1.807, 2.05) is 6.92 Å². The van der Waals surface area contributed by atoms with E-state index in [2.05, 4.69) is 10.3 Å². The number of rotatable bonds is 5. The number of nitrogens with one attached hydrogen (secondary N) is 1. The van der Waals surface area contributed by atoms with Gasteiger partial charge in [-0.25, -0.2) is 13.8 Å². The topological polar surface area (TPSA) is 42.0 Å². The van der Waals surface area contributed by atoms with Crippen LogP contribution < -0.4 is 5.32 Å². The molecule has 132 valence electrons. The summed E-state index contributed by atoms with van der Waals surface area (Å²) in [6.45, 7) is 2.60. The predicted molar refractivity (Wildman–Crippen MR) is 89.4 cm³/mol. The molecule has 0 bridgehead atoms. The van der Waals surface area contributed by atoms with E-state index >= 15 is 0 Å². The molecule has 2 atom stereocenters. The van der Waals surface area contributed by atoms with Gasteiger partial charge in [-0.3, -0.25) is 4.79 Å².